The normalized spacial score (nSPS) is 13.3. The van der Waals surface area contributed by atoms with Crippen LogP contribution in [0, 0.1) is 0 Å². The lowest BCUT2D eigenvalue weighted by atomic mass is 9.82. The topological polar surface area (TPSA) is 43.6 Å². The molecule has 0 N–H and O–H groups in total. The fourth-order valence-corrected chi connectivity index (χ4v) is 12.2. The van der Waals surface area contributed by atoms with E-state index in [0.29, 0.717) is 17.5 Å². The van der Waals surface area contributed by atoms with Crippen LogP contribution in [0.5, 0.6) is 0 Å². The Morgan fingerprint density at radius 2 is 1.00 bits per heavy atom. The number of hydrogen-bond donors (Lipinski definition) is 0. The molecule has 0 unspecified atom stereocenters. The van der Waals surface area contributed by atoms with Crippen molar-refractivity contribution >= 4 is 84.8 Å². The van der Waals surface area contributed by atoms with Gasteiger partial charge in [0.25, 0.3) is 0 Å². The summed E-state index contributed by atoms with van der Waals surface area (Å²) in [5.74, 6) is 2.02. The summed E-state index contributed by atoms with van der Waals surface area (Å²) in [4.78, 5) is 15.7. The SMILES string of the molecule is CC1(C)c2ccccc2-c2cc3c4ccccc4n(-c4ccc5sc6c(-c7nc(-c8ccccc8)nc(-c8cccc9c8sc8ccccc89)n7)cccc6c5c4)c3cc21. The fourth-order valence-electron chi connectivity index (χ4n) is 9.80. The van der Waals surface area contributed by atoms with Gasteiger partial charge in [0.1, 0.15) is 0 Å². The van der Waals surface area contributed by atoms with Crippen LogP contribution in [0.3, 0.4) is 0 Å². The third kappa shape index (κ3) is 4.80. The van der Waals surface area contributed by atoms with Crippen LogP contribution in [0.2, 0.25) is 0 Å². The Bertz CT molecular complexity index is 3760. The van der Waals surface area contributed by atoms with Gasteiger partial charge in [-0.15, -0.1) is 22.7 Å². The fraction of sp³-hybridized carbons (Fsp3) is 0.0556. The lowest BCUT2D eigenvalue weighted by Crippen LogP contribution is -2.14. The third-order valence-electron chi connectivity index (χ3n) is 12.7. The molecule has 0 spiro atoms. The number of hydrogen-bond acceptors (Lipinski definition) is 5. The van der Waals surface area contributed by atoms with Gasteiger partial charge in [0.15, 0.2) is 17.5 Å². The zero-order valence-corrected chi connectivity index (χ0v) is 34.4. The molecule has 12 aromatic rings. The molecular weight excluding hydrogens is 769 g/mol. The highest BCUT2D eigenvalue weighted by atomic mass is 32.1. The maximum absolute atomic E-state index is 5.31. The first kappa shape index (κ1) is 33.9. The van der Waals surface area contributed by atoms with Crippen molar-refractivity contribution in [2.24, 2.45) is 0 Å². The second-order valence-corrected chi connectivity index (χ2v) is 18.5. The summed E-state index contributed by atoms with van der Waals surface area (Å²) < 4.78 is 7.31. The molecule has 4 aromatic heterocycles. The van der Waals surface area contributed by atoms with Crippen molar-refractivity contribution in [2.45, 2.75) is 19.3 Å². The second-order valence-electron chi connectivity index (χ2n) is 16.4. The van der Waals surface area contributed by atoms with E-state index < -0.39 is 0 Å². The van der Waals surface area contributed by atoms with Gasteiger partial charge in [-0.1, -0.05) is 129 Å². The first-order valence-electron chi connectivity index (χ1n) is 20.4. The molecule has 13 rings (SSSR count). The van der Waals surface area contributed by atoms with Crippen molar-refractivity contribution in [1.82, 2.24) is 19.5 Å². The minimum atomic E-state index is -0.0923. The summed E-state index contributed by atoms with van der Waals surface area (Å²) in [6, 6.07) is 61.5. The van der Waals surface area contributed by atoms with Gasteiger partial charge in [-0.2, -0.15) is 0 Å². The number of fused-ring (bicyclic) bond motifs is 12. The van der Waals surface area contributed by atoms with Crippen molar-refractivity contribution < 1.29 is 0 Å². The summed E-state index contributed by atoms with van der Waals surface area (Å²) in [5, 5.41) is 7.44. The molecule has 0 amide bonds. The number of rotatable bonds is 4. The van der Waals surface area contributed by atoms with E-state index in [0.717, 1.165) is 22.4 Å². The van der Waals surface area contributed by atoms with Crippen LogP contribution >= 0.6 is 22.7 Å². The van der Waals surface area contributed by atoms with Crippen molar-refractivity contribution in [3.05, 3.63) is 181 Å². The van der Waals surface area contributed by atoms with Gasteiger partial charge < -0.3 is 4.57 Å². The van der Waals surface area contributed by atoms with Crippen LogP contribution in [0.1, 0.15) is 25.0 Å². The number of aromatic nitrogens is 4. The quantitative estimate of drug-likeness (QED) is 0.178. The first-order chi connectivity index (χ1) is 29.5. The van der Waals surface area contributed by atoms with Crippen LogP contribution < -0.4 is 0 Å². The van der Waals surface area contributed by atoms with Crippen LogP contribution in [0.25, 0.3) is 113 Å². The lowest BCUT2D eigenvalue weighted by Gasteiger charge is -2.21. The molecule has 0 saturated carbocycles. The predicted molar refractivity (Wildman–Crippen MR) is 254 cm³/mol. The molecule has 0 aliphatic heterocycles. The molecule has 0 fully saturated rings. The van der Waals surface area contributed by atoms with Crippen molar-refractivity contribution in [1.29, 1.82) is 0 Å². The molecule has 8 aromatic carbocycles. The molecule has 60 heavy (non-hydrogen) atoms. The zero-order valence-electron chi connectivity index (χ0n) is 32.8. The van der Waals surface area contributed by atoms with Crippen molar-refractivity contribution in [3.63, 3.8) is 0 Å². The molecule has 0 bridgehead atoms. The number of thiophene rings is 2. The lowest BCUT2D eigenvalue weighted by molar-refractivity contribution is 0.661. The van der Waals surface area contributed by atoms with E-state index >= 15 is 0 Å². The highest BCUT2D eigenvalue weighted by Gasteiger charge is 2.36. The smallest absolute Gasteiger partial charge is 0.165 e. The molecule has 0 radical (unpaired) electrons. The van der Waals surface area contributed by atoms with Crippen molar-refractivity contribution in [2.75, 3.05) is 0 Å². The summed E-state index contributed by atoms with van der Waals surface area (Å²) in [6.07, 6.45) is 0. The molecule has 1 aliphatic carbocycles. The maximum Gasteiger partial charge on any atom is 0.165 e. The minimum Gasteiger partial charge on any atom is -0.309 e. The Morgan fingerprint density at radius 3 is 1.78 bits per heavy atom. The van der Waals surface area contributed by atoms with E-state index in [4.69, 9.17) is 15.0 Å². The van der Waals surface area contributed by atoms with E-state index in [9.17, 15) is 0 Å². The van der Waals surface area contributed by atoms with E-state index in [1.165, 1.54) is 84.4 Å². The van der Waals surface area contributed by atoms with Crippen LogP contribution in [0.4, 0.5) is 0 Å². The number of para-hydroxylation sites is 1. The Labute approximate surface area is 353 Å². The summed E-state index contributed by atoms with van der Waals surface area (Å²) in [6.45, 7) is 4.72. The first-order valence-corrected chi connectivity index (χ1v) is 22.0. The Hall–Kier alpha value is -6.99. The van der Waals surface area contributed by atoms with Gasteiger partial charge in [-0.25, -0.2) is 15.0 Å². The van der Waals surface area contributed by atoms with Crippen LogP contribution in [0.15, 0.2) is 170 Å². The van der Waals surface area contributed by atoms with Crippen LogP contribution in [-0.4, -0.2) is 19.5 Å². The molecule has 6 heteroatoms. The maximum atomic E-state index is 5.31. The number of benzene rings is 8. The number of nitrogens with zero attached hydrogens (tertiary/aromatic N) is 4. The van der Waals surface area contributed by atoms with E-state index in [2.05, 4.69) is 170 Å². The van der Waals surface area contributed by atoms with Gasteiger partial charge in [-0.3, -0.25) is 0 Å². The molecule has 0 saturated heterocycles. The molecular formula is C54H34N4S2. The Morgan fingerprint density at radius 1 is 0.400 bits per heavy atom. The van der Waals surface area contributed by atoms with Crippen molar-refractivity contribution in [3.8, 4) is 51.0 Å². The van der Waals surface area contributed by atoms with Gasteiger partial charge in [0, 0.05) is 78.9 Å². The van der Waals surface area contributed by atoms with Gasteiger partial charge >= 0.3 is 0 Å². The standard InChI is InChI=1S/C54H34N4S2/c1-54(2)43-23-9-6-16-33(43)40-29-41-34-17-7-10-24-45(34)58(46(41)30-44(40)54)32-26-27-48-42(28-32)37-20-13-22-39(50(37)60-48)53-56-51(31-14-4-3-5-15-31)55-52(57-53)38-21-12-19-36-35-18-8-11-25-47(35)59-49(36)38/h3-30H,1-2H3. The summed E-state index contributed by atoms with van der Waals surface area (Å²) >= 11 is 3.60. The Kier molecular flexibility index (Phi) is 7.07. The third-order valence-corrected chi connectivity index (χ3v) is 15.1. The molecule has 0 atom stereocenters. The Balaban J connectivity index is 1.01. The predicted octanol–water partition coefficient (Wildman–Crippen LogP) is 15.0. The van der Waals surface area contributed by atoms with Crippen LogP contribution in [-0.2, 0) is 5.41 Å². The molecule has 4 nitrogen and oxygen atoms in total. The van der Waals surface area contributed by atoms with E-state index in [1.807, 2.05) is 18.2 Å². The average molecular weight is 803 g/mol. The summed E-state index contributed by atoms with van der Waals surface area (Å²) in [7, 11) is 0. The molecule has 1 aliphatic rings. The second kappa shape index (κ2) is 12.5. The van der Waals surface area contributed by atoms with Gasteiger partial charge in [-0.05, 0) is 76.9 Å². The van der Waals surface area contributed by atoms with E-state index in [-0.39, 0.29) is 5.41 Å². The van der Waals surface area contributed by atoms with Gasteiger partial charge in [0.2, 0.25) is 0 Å². The largest absolute Gasteiger partial charge is 0.309 e. The minimum absolute atomic E-state index is 0.0923. The highest BCUT2D eigenvalue weighted by molar-refractivity contribution is 7.26. The zero-order chi connectivity index (χ0) is 39.7. The van der Waals surface area contributed by atoms with Gasteiger partial charge in [0.05, 0.1) is 11.0 Å². The van der Waals surface area contributed by atoms with E-state index in [1.54, 1.807) is 22.7 Å². The molecule has 282 valence electrons. The average Bonchev–Trinajstić information content (AvgIpc) is 4.02. The highest BCUT2D eigenvalue weighted by Crippen LogP contribution is 2.51. The summed E-state index contributed by atoms with van der Waals surface area (Å²) in [5.41, 5.74) is 11.9. The molecule has 4 heterocycles. The monoisotopic (exact) mass is 802 g/mol.